The lowest BCUT2D eigenvalue weighted by Gasteiger charge is -2.05. The molecule has 0 radical (unpaired) electrons. The minimum Gasteiger partial charge on any atom is -0.399 e. The first-order chi connectivity index (χ1) is 8.56. The summed E-state index contributed by atoms with van der Waals surface area (Å²) >= 11 is 3.38. The molecule has 18 heavy (non-hydrogen) atoms. The zero-order chi connectivity index (χ0) is 13.1. The molecular weight excluding hydrogens is 290 g/mol. The molecule has 0 bridgehead atoms. The fourth-order valence-corrected chi connectivity index (χ4v) is 2.21. The van der Waals surface area contributed by atoms with Gasteiger partial charge in [-0.3, -0.25) is 4.79 Å². The standard InChI is InChI=1S/C15H14BrNO/c1-10-2-4-11(5-3-10)8-15(18)13-9-12(17)6-7-14(13)16/h2-7,9H,8,17H2,1H3. The van der Waals surface area contributed by atoms with Crippen LogP contribution in [-0.4, -0.2) is 5.78 Å². The van der Waals surface area contributed by atoms with Gasteiger partial charge in [0.25, 0.3) is 0 Å². The zero-order valence-corrected chi connectivity index (χ0v) is 11.7. The lowest BCUT2D eigenvalue weighted by atomic mass is 10.0. The predicted octanol–water partition coefficient (Wildman–Crippen LogP) is 3.77. The van der Waals surface area contributed by atoms with Crippen LogP contribution in [-0.2, 0) is 6.42 Å². The Morgan fingerprint density at radius 1 is 1.17 bits per heavy atom. The second kappa shape index (κ2) is 5.36. The topological polar surface area (TPSA) is 43.1 Å². The largest absolute Gasteiger partial charge is 0.399 e. The Bertz CT molecular complexity index is 576. The van der Waals surface area contributed by atoms with E-state index in [1.54, 1.807) is 18.2 Å². The summed E-state index contributed by atoms with van der Waals surface area (Å²) in [4.78, 5) is 12.2. The Kier molecular flexibility index (Phi) is 3.82. The van der Waals surface area contributed by atoms with Crippen LogP contribution in [0.25, 0.3) is 0 Å². The van der Waals surface area contributed by atoms with E-state index >= 15 is 0 Å². The maximum Gasteiger partial charge on any atom is 0.168 e. The van der Waals surface area contributed by atoms with Crippen LogP contribution in [0.5, 0.6) is 0 Å². The van der Waals surface area contributed by atoms with Gasteiger partial charge in [0.2, 0.25) is 0 Å². The first-order valence-electron chi connectivity index (χ1n) is 5.70. The number of hydrogen-bond donors (Lipinski definition) is 1. The minimum atomic E-state index is 0.0676. The second-order valence-electron chi connectivity index (χ2n) is 4.32. The highest BCUT2D eigenvalue weighted by atomic mass is 79.9. The molecule has 0 saturated heterocycles. The predicted molar refractivity (Wildman–Crippen MR) is 77.8 cm³/mol. The van der Waals surface area contributed by atoms with E-state index in [1.165, 1.54) is 5.56 Å². The van der Waals surface area contributed by atoms with Crippen molar-refractivity contribution in [3.05, 3.63) is 63.6 Å². The molecule has 0 aliphatic heterocycles. The number of ketones is 1. The van der Waals surface area contributed by atoms with Gasteiger partial charge in [-0.05, 0) is 30.7 Å². The number of halogens is 1. The number of nitrogen functional groups attached to an aromatic ring is 1. The fourth-order valence-electron chi connectivity index (χ4n) is 1.74. The van der Waals surface area contributed by atoms with Crippen LogP contribution in [0.4, 0.5) is 5.69 Å². The van der Waals surface area contributed by atoms with Crippen molar-refractivity contribution in [3.63, 3.8) is 0 Å². The van der Waals surface area contributed by atoms with Crippen LogP contribution in [0.2, 0.25) is 0 Å². The molecule has 2 aromatic rings. The van der Waals surface area contributed by atoms with Gasteiger partial charge < -0.3 is 5.73 Å². The van der Waals surface area contributed by atoms with E-state index < -0.39 is 0 Å². The molecule has 2 nitrogen and oxygen atoms in total. The van der Waals surface area contributed by atoms with Crippen molar-refractivity contribution < 1.29 is 4.79 Å². The fraction of sp³-hybridized carbons (Fsp3) is 0.133. The molecular formula is C15H14BrNO. The second-order valence-corrected chi connectivity index (χ2v) is 5.18. The maximum atomic E-state index is 12.2. The number of rotatable bonds is 3. The van der Waals surface area contributed by atoms with Gasteiger partial charge in [-0.15, -0.1) is 0 Å². The third-order valence-corrected chi connectivity index (χ3v) is 3.47. The number of anilines is 1. The highest BCUT2D eigenvalue weighted by Gasteiger charge is 2.11. The normalized spacial score (nSPS) is 10.3. The Morgan fingerprint density at radius 3 is 2.50 bits per heavy atom. The molecule has 0 fully saturated rings. The molecule has 0 aliphatic carbocycles. The van der Waals surface area contributed by atoms with Crippen molar-refractivity contribution in [1.29, 1.82) is 0 Å². The molecule has 0 amide bonds. The number of hydrogen-bond acceptors (Lipinski definition) is 2. The maximum absolute atomic E-state index is 12.2. The van der Waals surface area contributed by atoms with E-state index in [0.29, 0.717) is 17.7 Å². The quantitative estimate of drug-likeness (QED) is 0.693. The molecule has 3 heteroatoms. The van der Waals surface area contributed by atoms with E-state index in [9.17, 15) is 4.79 Å². The minimum absolute atomic E-state index is 0.0676. The van der Waals surface area contributed by atoms with Gasteiger partial charge in [-0.1, -0.05) is 45.8 Å². The number of benzene rings is 2. The van der Waals surface area contributed by atoms with Gasteiger partial charge in [0.1, 0.15) is 0 Å². The average Bonchev–Trinajstić information content (AvgIpc) is 2.35. The number of carbonyl (C=O) groups is 1. The molecule has 0 aliphatic rings. The van der Waals surface area contributed by atoms with Crippen molar-refractivity contribution in [2.24, 2.45) is 0 Å². The van der Waals surface area contributed by atoms with Crippen molar-refractivity contribution in [2.75, 3.05) is 5.73 Å². The van der Waals surface area contributed by atoms with Gasteiger partial charge in [0.15, 0.2) is 5.78 Å². The van der Waals surface area contributed by atoms with Gasteiger partial charge in [0.05, 0.1) is 0 Å². The van der Waals surface area contributed by atoms with Crippen molar-refractivity contribution >= 4 is 27.4 Å². The first kappa shape index (κ1) is 12.8. The molecule has 2 rings (SSSR count). The Hall–Kier alpha value is -1.61. The molecule has 2 aromatic carbocycles. The molecule has 92 valence electrons. The van der Waals surface area contributed by atoms with Crippen LogP contribution in [0.15, 0.2) is 46.9 Å². The summed E-state index contributed by atoms with van der Waals surface area (Å²) in [5.41, 5.74) is 9.15. The molecule has 0 atom stereocenters. The van der Waals surface area contributed by atoms with Crippen LogP contribution in [0.3, 0.4) is 0 Å². The highest BCUT2D eigenvalue weighted by molar-refractivity contribution is 9.10. The molecule has 0 unspecified atom stereocenters. The summed E-state index contributed by atoms with van der Waals surface area (Å²) in [6, 6.07) is 13.3. The van der Waals surface area contributed by atoms with E-state index in [0.717, 1.165) is 10.0 Å². The third kappa shape index (κ3) is 2.99. The smallest absolute Gasteiger partial charge is 0.168 e. The monoisotopic (exact) mass is 303 g/mol. The molecule has 0 saturated carbocycles. The first-order valence-corrected chi connectivity index (χ1v) is 6.49. The lowest BCUT2D eigenvalue weighted by Crippen LogP contribution is -2.05. The summed E-state index contributed by atoms with van der Waals surface area (Å²) in [5, 5.41) is 0. The Morgan fingerprint density at radius 2 is 1.83 bits per heavy atom. The van der Waals surface area contributed by atoms with Crippen LogP contribution < -0.4 is 5.73 Å². The van der Waals surface area contributed by atoms with Crippen LogP contribution in [0.1, 0.15) is 21.5 Å². The van der Waals surface area contributed by atoms with Gasteiger partial charge in [-0.25, -0.2) is 0 Å². The summed E-state index contributed by atoms with van der Waals surface area (Å²) in [6.07, 6.45) is 0.391. The van der Waals surface area contributed by atoms with Crippen molar-refractivity contribution in [1.82, 2.24) is 0 Å². The van der Waals surface area contributed by atoms with E-state index in [2.05, 4.69) is 15.9 Å². The van der Waals surface area contributed by atoms with Gasteiger partial charge in [-0.2, -0.15) is 0 Å². The van der Waals surface area contributed by atoms with E-state index in [1.807, 2.05) is 31.2 Å². The van der Waals surface area contributed by atoms with Crippen molar-refractivity contribution in [2.45, 2.75) is 13.3 Å². The summed E-state index contributed by atoms with van der Waals surface area (Å²) < 4.78 is 0.786. The van der Waals surface area contributed by atoms with Crippen LogP contribution in [0, 0.1) is 6.92 Å². The molecule has 2 N–H and O–H groups in total. The zero-order valence-electron chi connectivity index (χ0n) is 10.1. The number of nitrogens with two attached hydrogens (primary N) is 1. The van der Waals surface area contributed by atoms with Gasteiger partial charge in [0, 0.05) is 22.1 Å². The Balaban J connectivity index is 2.21. The average molecular weight is 304 g/mol. The number of carbonyl (C=O) groups excluding carboxylic acids is 1. The lowest BCUT2D eigenvalue weighted by molar-refractivity contribution is 0.0992. The number of Topliss-reactive ketones (excluding diaryl/α,β-unsaturated/α-hetero) is 1. The highest BCUT2D eigenvalue weighted by Crippen LogP contribution is 2.21. The third-order valence-electron chi connectivity index (χ3n) is 2.78. The summed E-state index contributed by atoms with van der Waals surface area (Å²) in [6.45, 7) is 2.03. The van der Waals surface area contributed by atoms with Gasteiger partial charge >= 0.3 is 0 Å². The summed E-state index contributed by atoms with van der Waals surface area (Å²) in [5.74, 6) is 0.0676. The molecule has 0 spiro atoms. The summed E-state index contributed by atoms with van der Waals surface area (Å²) in [7, 11) is 0. The Labute approximate surface area is 115 Å². The van der Waals surface area contributed by atoms with E-state index in [4.69, 9.17) is 5.73 Å². The number of aryl methyl sites for hydroxylation is 1. The van der Waals surface area contributed by atoms with E-state index in [-0.39, 0.29) is 5.78 Å². The van der Waals surface area contributed by atoms with Crippen LogP contribution >= 0.6 is 15.9 Å². The molecule has 0 aromatic heterocycles. The molecule has 0 heterocycles. The SMILES string of the molecule is Cc1ccc(CC(=O)c2cc(N)ccc2Br)cc1. The van der Waals surface area contributed by atoms with Crippen molar-refractivity contribution in [3.8, 4) is 0 Å².